The van der Waals surface area contributed by atoms with Crippen molar-refractivity contribution in [3.8, 4) is 0 Å². The highest BCUT2D eigenvalue weighted by atomic mass is 32.1. The second-order valence-electron chi connectivity index (χ2n) is 5.30. The van der Waals surface area contributed by atoms with Crippen molar-refractivity contribution in [2.24, 2.45) is 0 Å². The smallest absolute Gasteiger partial charge is 0.148 e. The summed E-state index contributed by atoms with van der Waals surface area (Å²) in [5, 5.41) is 14.5. The summed E-state index contributed by atoms with van der Waals surface area (Å²) in [5.41, 5.74) is 1.17. The molecular weight excluding hydrogens is 298 g/mol. The molecule has 118 valence electrons. The Balaban J connectivity index is 1.48. The highest BCUT2D eigenvalue weighted by Gasteiger charge is 2.21. The number of rotatable bonds is 6. The number of nitrogens with zero attached hydrogens (tertiary/aromatic N) is 4. The van der Waals surface area contributed by atoms with Gasteiger partial charge in [-0.1, -0.05) is 6.92 Å². The van der Waals surface area contributed by atoms with E-state index in [2.05, 4.69) is 37.7 Å². The second-order valence-corrected chi connectivity index (χ2v) is 6.25. The average molecular weight is 319 g/mol. The summed E-state index contributed by atoms with van der Waals surface area (Å²) in [6.45, 7) is 6.42. The lowest BCUT2D eigenvalue weighted by Crippen LogP contribution is -2.44. The third-order valence-electron chi connectivity index (χ3n) is 3.59. The van der Waals surface area contributed by atoms with Crippen molar-refractivity contribution in [2.45, 2.75) is 26.0 Å². The van der Waals surface area contributed by atoms with Crippen LogP contribution in [0.25, 0.3) is 0 Å². The van der Waals surface area contributed by atoms with E-state index < -0.39 is 0 Å². The topological polar surface area (TPSA) is 63.2 Å². The van der Waals surface area contributed by atoms with Crippen molar-refractivity contribution in [3.05, 3.63) is 34.4 Å². The van der Waals surface area contributed by atoms with Crippen LogP contribution >= 0.6 is 11.3 Å². The first-order valence-electron chi connectivity index (χ1n) is 7.62. The SMILES string of the molecule is CCc1nc(CN2CCO[C@@H](CNc3cccnn3)C2)cs1. The van der Waals surface area contributed by atoms with E-state index in [4.69, 9.17) is 4.74 Å². The Morgan fingerprint density at radius 3 is 3.23 bits per heavy atom. The number of hydrogen-bond acceptors (Lipinski definition) is 7. The van der Waals surface area contributed by atoms with Gasteiger partial charge in [0.15, 0.2) is 0 Å². The van der Waals surface area contributed by atoms with Crippen LogP contribution < -0.4 is 5.32 Å². The molecule has 1 saturated heterocycles. The quantitative estimate of drug-likeness (QED) is 0.876. The van der Waals surface area contributed by atoms with Gasteiger partial charge in [0.05, 0.1) is 23.4 Å². The normalized spacial score (nSPS) is 19.2. The third kappa shape index (κ3) is 4.22. The summed E-state index contributed by atoms with van der Waals surface area (Å²) in [6.07, 6.45) is 2.85. The lowest BCUT2D eigenvalue weighted by molar-refractivity contribution is -0.0244. The minimum Gasteiger partial charge on any atom is -0.374 e. The Bertz CT molecular complexity index is 576. The molecule has 1 N–H and O–H groups in total. The molecule has 0 spiro atoms. The first-order chi connectivity index (χ1) is 10.8. The summed E-state index contributed by atoms with van der Waals surface area (Å²) in [5.74, 6) is 0.787. The average Bonchev–Trinajstić information content (AvgIpc) is 3.02. The zero-order valence-corrected chi connectivity index (χ0v) is 13.6. The molecule has 1 fully saturated rings. The Hall–Kier alpha value is -1.57. The number of hydrogen-bond donors (Lipinski definition) is 1. The molecule has 2 aromatic heterocycles. The van der Waals surface area contributed by atoms with Crippen LogP contribution in [0.5, 0.6) is 0 Å². The molecule has 1 aliphatic rings. The summed E-state index contributed by atoms with van der Waals surface area (Å²) in [7, 11) is 0. The first-order valence-corrected chi connectivity index (χ1v) is 8.50. The lowest BCUT2D eigenvalue weighted by atomic mass is 10.2. The zero-order valence-electron chi connectivity index (χ0n) is 12.7. The summed E-state index contributed by atoms with van der Waals surface area (Å²) in [6, 6.07) is 3.78. The van der Waals surface area contributed by atoms with Gasteiger partial charge in [-0.3, -0.25) is 4.90 Å². The van der Waals surface area contributed by atoms with Crippen molar-refractivity contribution in [3.63, 3.8) is 0 Å². The van der Waals surface area contributed by atoms with Gasteiger partial charge in [0.2, 0.25) is 0 Å². The Morgan fingerprint density at radius 1 is 1.50 bits per heavy atom. The standard InChI is InChI=1S/C15H21N5OS/c1-2-15-18-12(11-22-15)9-20-6-7-21-13(10-20)8-16-14-4-3-5-17-19-14/h3-5,11,13H,2,6-10H2,1H3,(H,16,19)/t13-/m0/s1. The fourth-order valence-electron chi connectivity index (χ4n) is 2.47. The molecule has 3 rings (SSSR count). The molecule has 0 radical (unpaired) electrons. The van der Waals surface area contributed by atoms with Crippen LogP contribution in [0.2, 0.25) is 0 Å². The molecular formula is C15H21N5OS. The monoisotopic (exact) mass is 319 g/mol. The molecule has 0 aliphatic carbocycles. The van der Waals surface area contributed by atoms with Gasteiger partial charge in [-0.2, -0.15) is 5.10 Å². The number of aromatic nitrogens is 3. The minimum atomic E-state index is 0.167. The highest BCUT2D eigenvalue weighted by molar-refractivity contribution is 7.09. The summed E-state index contributed by atoms with van der Waals surface area (Å²) >= 11 is 1.75. The molecule has 1 atom stereocenters. The van der Waals surface area contributed by atoms with E-state index in [1.165, 1.54) is 10.7 Å². The van der Waals surface area contributed by atoms with Gasteiger partial charge in [-0.25, -0.2) is 4.98 Å². The van der Waals surface area contributed by atoms with Crippen LogP contribution in [0, 0.1) is 0 Å². The predicted octanol–water partition coefficient (Wildman–Crippen LogP) is 1.81. The first kappa shape index (κ1) is 15.3. The number of thiazole rings is 1. The molecule has 0 saturated carbocycles. The molecule has 6 nitrogen and oxygen atoms in total. The van der Waals surface area contributed by atoms with Gasteiger partial charge in [-0.05, 0) is 18.6 Å². The van der Waals surface area contributed by atoms with E-state index >= 15 is 0 Å². The van der Waals surface area contributed by atoms with E-state index in [1.54, 1.807) is 17.5 Å². The minimum absolute atomic E-state index is 0.167. The molecule has 3 heterocycles. The molecule has 2 aromatic rings. The van der Waals surface area contributed by atoms with Crippen LogP contribution in [-0.4, -0.2) is 52.4 Å². The zero-order chi connectivity index (χ0) is 15.2. The molecule has 22 heavy (non-hydrogen) atoms. The Morgan fingerprint density at radius 2 is 2.45 bits per heavy atom. The number of nitrogens with one attached hydrogen (secondary N) is 1. The summed E-state index contributed by atoms with van der Waals surface area (Å²) in [4.78, 5) is 7.05. The van der Waals surface area contributed by atoms with Gasteiger partial charge in [0, 0.05) is 37.8 Å². The third-order valence-corrected chi connectivity index (χ3v) is 4.64. The van der Waals surface area contributed by atoms with E-state index in [0.717, 1.165) is 45.0 Å². The number of ether oxygens (including phenoxy) is 1. The maximum atomic E-state index is 5.82. The van der Waals surface area contributed by atoms with Crippen molar-refractivity contribution >= 4 is 17.2 Å². The highest BCUT2D eigenvalue weighted by Crippen LogP contribution is 2.14. The van der Waals surface area contributed by atoms with Crippen LogP contribution in [0.3, 0.4) is 0 Å². The van der Waals surface area contributed by atoms with Gasteiger partial charge in [0.1, 0.15) is 5.82 Å². The fourth-order valence-corrected chi connectivity index (χ4v) is 3.21. The maximum absolute atomic E-state index is 5.82. The van der Waals surface area contributed by atoms with E-state index in [1.807, 2.05) is 12.1 Å². The molecule has 0 amide bonds. The van der Waals surface area contributed by atoms with Crippen molar-refractivity contribution in [1.29, 1.82) is 0 Å². The van der Waals surface area contributed by atoms with Crippen molar-refractivity contribution in [2.75, 3.05) is 31.6 Å². The molecule has 1 aliphatic heterocycles. The van der Waals surface area contributed by atoms with Crippen LogP contribution in [0.15, 0.2) is 23.7 Å². The van der Waals surface area contributed by atoms with Gasteiger partial charge >= 0.3 is 0 Å². The summed E-state index contributed by atoms with van der Waals surface area (Å²) < 4.78 is 5.82. The Kier molecular flexibility index (Phi) is 5.31. The van der Waals surface area contributed by atoms with Gasteiger partial charge in [0.25, 0.3) is 0 Å². The number of aryl methyl sites for hydroxylation is 1. The Labute approximate surface area is 134 Å². The van der Waals surface area contributed by atoms with Crippen LogP contribution in [0.4, 0.5) is 5.82 Å². The van der Waals surface area contributed by atoms with E-state index in [-0.39, 0.29) is 6.10 Å². The van der Waals surface area contributed by atoms with Crippen LogP contribution in [-0.2, 0) is 17.7 Å². The van der Waals surface area contributed by atoms with Gasteiger partial charge in [-0.15, -0.1) is 16.4 Å². The maximum Gasteiger partial charge on any atom is 0.148 e. The van der Waals surface area contributed by atoms with E-state index in [0.29, 0.717) is 0 Å². The molecule has 0 bridgehead atoms. The van der Waals surface area contributed by atoms with Crippen LogP contribution in [0.1, 0.15) is 17.6 Å². The van der Waals surface area contributed by atoms with E-state index in [9.17, 15) is 0 Å². The predicted molar refractivity (Wildman–Crippen MR) is 87.0 cm³/mol. The largest absolute Gasteiger partial charge is 0.374 e. The van der Waals surface area contributed by atoms with Gasteiger partial charge < -0.3 is 10.1 Å². The number of anilines is 1. The van der Waals surface area contributed by atoms with Crippen molar-refractivity contribution < 1.29 is 4.74 Å². The molecule has 0 unspecified atom stereocenters. The molecule has 7 heteroatoms. The lowest BCUT2D eigenvalue weighted by Gasteiger charge is -2.32. The van der Waals surface area contributed by atoms with Crippen molar-refractivity contribution in [1.82, 2.24) is 20.1 Å². The number of morpholine rings is 1. The fraction of sp³-hybridized carbons (Fsp3) is 0.533. The second kappa shape index (κ2) is 7.62. The molecule has 0 aromatic carbocycles.